The van der Waals surface area contributed by atoms with E-state index in [1.807, 2.05) is 74.1 Å². The number of pyridine rings is 1. The lowest BCUT2D eigenvalue weighted by Crippen LogP contribution is -2.04. The zero-order valence-corrected chi connectivity index (χ0v) is 15.4. The fraction of sp³-hybridized carbons (Fsp3) is 0.150. The van der Waals surface area contributed by atoms with E-state index in [4.69, 9.17) is 0 Å². The van der Waals surface area contributed by atoms with E-state index >= 15 is 0 Å². The summed E-state index contributed by atoms with van der Waals surface area (Å²) in [5.41, 5.74) is 6.63. The van der Waals surface area contributed by atoms with Crippen molar-refractivity contribution >= 4 is 22.4 Å². The lowest BCUT2D eigenvalue weighted by Gasteiger charge is -2.07. The monoisotopic (exact) mass is 357 g/mol. The van der Waals surface area contributed by atoms with Gasteiger partial charge in [0.25, 0.3) is 0 Å². The summed E-state index contributed by atoms with van der Waals surface area (Å²) in [5.74, 6) is 2.42. The molecular formula is C20H19N7. The Morgan fingerprint density at radius 1 is 1.04 bits per heavy atom. The topological polar surface area (TPSA) is 80.9 Å². The SMILES string of the molecule is C/C(=N\Nc1ncnc2ccccc12)c1ccc(-n2cc(C)nc2C)nc1. The van der Waals surface area contributed by atoms with Crippen LogP contribution < -0.4 is 5.43 Å². The zero-order chi connectivity index (χ0) is 18.8. The quantitative estimate of drug-likeness (QED) is 0.445. The van der Waals surface area contributed by atoms with Gasteiger partial charge in [0, 0.05) is 23.3 Å². The summed E-state index contributed by atoms with van der Waals surface area (Å²) in [7, 11) is 0. The molecule has 0 fully saturated rings. The Hall–Kier alpha value is -3.61. The second kappa shape index (κ2) is 6.95. The molecule has 134 valence electrons. The summed E-state index contributed by atoms with van der Waals surface area (Å²) in [4.78, 5) is 17.5. The number of hydrogen-bond donors (Lipinski definition) is 1. The maximum atomic E-state index is 4.54. The first-order valence-electron chi connectivity index (χ1n) is 8.61. The Bertz CT molecular complexity index is 1120. The third-order valence-electron chi connectivity index (χ3n) is 4.29. The summed E-state index contributed by atoms with van der Waals surface area (Å²) >= 11 is 0. The summed E-state index contributed by atoms with van der Waals surface area (Å²) in [6, 6.07) is 11.8. The van der Waals surface area contributed by atoms with Crippen LogP contribution in [0, 0.1) is 13.8 Å². The highest BCUT2D eigenvalue weighted by molar-refractivity contribution is 5.99. The molecule has 0 radical (unpaired) electrons. The second-order valence-corrected chi connectivity index (χ2v) is 6.25. The number of benzene rings is 1. The van der Waals surface area contributed by atoms with Gasteiger partial charge >= 0.3 is 0 Å². The van der Waals surface area contributed by atoms with E-state index in [0.29, 0.717) is 5.82 Å². The Morgan fingerprint density at radius 3 is 2.63 bits per heavy atom. The molecule has 0 unspecified atom stereocenters. The number of hydrazone groups is 1. The van der Waals surface area contributed by atoms with Gasteiger partial charge in [0.15, 0.2) is 5.82 Å². The average Bonchev–Trinajstić information content (AvgIpc) is 3.04. The molecule has 0 amide bonds. The van der Waals surface area contributed by atoms with Crippen molar-refractivity contribution in [3.05, 3.63) is 72.2 Å². The first-order valence-corrected chi connectivity index (χ1v) is 8.61. The molecule has 0 atom stereocenters. The van der Waals surface area contributed by atoms with E-state index in [1.165, 1.54) is 6.33 Å². The molecule has 3 heterocycles. The molecule has 0 saturated carbocycles. The van der Waals surface area contributed by atoms with Gasteiger partial charge in [0.1, 0.15) is 18.0 Å². The summed E-state index contributed by atoms with van der Waals surface area (Å²) < 4.78 is 1.97. The van der Waals surface area contributed by atoms with Gasteiger partial charge in [-0.25, -0.2) is 19.9 Å². The van der Waals surface area contributed by atoms with Gasteiger partial charge in [0.2, 0.25) is 0 Å². The molecular weight excluding hydrogens is 338 g/mol. The number of hydrogen-bond acceptors (Lipinski definition) is 6. The Balaban J connectivity index is 1.57. The minimum atomic E-state index is 0.675. The molecule has 0 aliphatic heterocycles. The van der Waals surface area contributed by atoms with Crippen LogP contribution in [-0.4, -0.2) is 30.2 Å². The molecule has 4 rings (SSSR count). The van der Waals surface area contributed by atoms with Gasteiger partial charge in [-0.2, -0.15) is 5.10 Å². The van der Waals surface area contributed by atoms with Crippen LogP contribution in [0.5, 0.6) is 0 Å². The largest absolute Gasteiger partial charge is 0.288 e. The van der Waals surface area contributed by atoms with Crippen molar-refractivity contribution in [2.24, 2.45) is 5.10 Å². The molecule has 0 spiro atoms. The molecule has 3 aromatic heterocycles. The lowest BCUT2D eigenvalue weighted by molar-refractivity contribution is 0.932. The molecule has 0 saturated heterocycles. The van der Waals surface area contributed by atoms with Crippen molar-refractivity contribution in [3.8, 4) is 5.82 Å². The van der Waals surface area contributed by atoms with Crippen molar-refractivity contribution in [2.75, 3.05) is 5.43 Å². The number of imidazole rings is 1. The van der Waals surface area contributed by atoms with Gasteiger partial charge in [-0.15, -0.1) is 0 Å². The number of rotatable bonds is 4. The van der Waals surface area contributed by atoms with Gasteiger partial charge in [0.05, 0.1) is 16.9 Å². The summed E-state index contributed by atoms with van der Waals surface area (Å²) in [6.07, 6.45) is 5.31. The Morgan fingerprint density at radius 2 is 1.89 bits per heavy atom. The average molecular weight is 357 g/mol. The van der Waals surface area contributed by atoms with Gasteiger partial charge < -0.3 is 0 Å². The van der Waals surface area contributed by atoms with Gasteiger partial charge in [-0.05, 0) is 45.0 Å². The molecule has 0 aliphatic rings. The van der Waals surface area contributed by atoms with Crippen LogP contribution in [0.25, 0.3) is 16.7 Å². The Labute approximate surface area is 156 Å². The van der Waals surface area contributed by atoms with Crippen molar-refractivity contribution in [1.29, 1.82) is 0 Å². The van der Waals surface area contributed by atoms with Crippen molar-refractivity contribution in [3.63, 3.8) is 0 Å². The first kappa shape index (κ1) is 16.8. The van der Waals surface area contributed by atoms with Crippen molar-refractivity contribution in [1.82, 2.24) is 24.5 Å². The highest BCUT2D eigenvalue weighted by Gasteiger charge is 2.06. The fourth-order valence-corrected chi connectivity index (χ4v) is 2.89. The fourth-order valence-electron chi connectivity index (χ4n) is 2.89. The number of nitrogens with one attached hydrogen (secondary N) is 1. The zero-order valence-electron chi connectivity index (χ0n) is 15.4. The number of aryl methyl sites for hydroxylation is 2. The molecule has 0 bridgehead atoms. The molecule has 27 heavy (non-hydrogen) atoms. The van der Waals surface area contributed by atoms with Crippen LogP contribution in [0.2, 0.25) is 0 Å². The second-order valence-electron chi connectivity index (χ2n) is 6.25. The smallest absolute Gasteiger partial charge is 0.157 e. The molecule has 1 N–H and O–H groups in total. The van der Waals surface area contributed by atoms with E-state index in [9.17, 15) is 0 Å². The molecule has 7 nitrogen and oxygen atoms in total. The Kier molecular flexibility index (Phi) is 4.33. The molecule has 4 aromatic rings. The first-order chi connectivity index (χ1) is 13.1. The highest BCUT2D eigenvalue weighted by Crippen LogP contribution is 2.18. The van der Waals surface area contributed by atoms with Gasteiger partial charge in [-0.3, -0.25) is 9.99 Å². The summed E-state index contributed by atoms with van der Waals surface area (Å²) in [6.45, 7) is 5.86. The van der Waals surface area contributed by atoms with Crippen molar-refractivity contribution in [2.45, 2.75) is 20.8 Å². The van der Waals surface area contributed by atoms with Crippen LogP contribution >= 0.6 is 0 Å². The number of anilines is 1. The minimum Gasteiger partial charge on any atom is -0.288 e. The third-order valence-corrected chi connectivity index (χ3v) is 4.29. The standard InChI is InChI=1S/C20H19N7/c1-13-11-27(15(3)24-13)19-9-8-16(10-21-19)14(2)25-26-20-17-6-4-5-7-18(17)22-12-23-20/h4-12H,1-3H3,(H,22,23,26)/b25-14+. The predicted octanol–water partition coefficient (Wildman–Crippen LogP) is 3.66. The van der Waals surface area contributed by atoms with E-state index in [0.717, 1.165) is 39.5 Å². The van der Waals surface area contributed by atoms with E-state index in [1.54, 1.807) is 0 Å². The molecule has 1 aromatic carbocycles. The third kappa shape index (κ3) is 3.39. The van der Waals surface area contributed by atoms with Crippen LogP contribution in [0.15, 0.2) is 60.2 Å². The molecule has 0 aliphatic carbocycles. The predicted molar refractivity (Wildman–Crippen MR) is 106 cm³/mol. The van der Waals surface area contributed by atoms with Crippen LogP contribution in [0.4, 0.5) is 5.82 Å². The maximum Gasteiger partial charge on any atom is 0.157 e. The van der Waals surface area contributed by atoms with E-state index < -0.39 is 0 Å². The highest BCUT2D eigenvalue weighted by atomic mass is 15.3. The van der Waals surface area contributed by atoms with Crippen LogP contribution in [0.3, 0.4) is 0 Å². The molecule has 7 heteroatoms. The van der Waals surface area contributed by atoms with Gasteiger partial charge in [-0.1, -0.05) is 12.1 Å². The maximum absolute atomic E-state index is 4.54. The number of para-hydroxylation sites is 1. The number of nitrogens with zero attached hydrogens (tertiary/aromatic N) is 6. The van der Waals surface area contributed by atoms with Crippen LogP contribution in [0.1, 0.15) is 24.0 Å². The number of fused-ring (bicyclic) bond motifs is 1. The number of aromatic nitrogens is 5. The lowest BCUT2D eigenvalue weighted by atomic mass is 10.2. The van der Waals surface area contributed by atoms with Crippen LogP contribution in [-0.2, 0) is 0 Å². The van der Waals surface area contributed by atoms with E-state index in [2.05, 4.69) is 30.5 Å². The normalized spacial score (nSPS) is 11.7. The van der Waals surface area contributed by atoms with Crippen molar-refractivity contribution < 1.29 is 0 Å². The van der Waals surface area contributed by atoms with E-state index in [-0.39, 0.29) is 0 Å². The summed E-state index contributed by atoms with van der Waals surface area (Å²) in [5, 5.41) is 5.38. The minimum absolute atomic E-state index is 0.675.